The van der Waals surface area contributed by atoms with E-state index >= 15 is 0 Å². The zero-order valence-corrected chi connectivity index (χ0v) is 16.8. The fraction of sp³-hybridized carbons (Fsp3) is 0.474. The summed E-state index contributed by atoms with van der Waals surface area (Å²) in [5.74, 6) is 0.394. The van der Waals surface area contributed by atoms with Crippen LogP contribution in [-0.2, 0) is 10.1 Å². The van der Waals surface area contributed by atoms with Gasteiger partial charge in [0.2, 0.25) is 0 Å². The number of benzene rings is 1. The van der Waals surface area contributed by atoms with E-state index in [-0.39, 0.29) is 0 Å². The summed E-state index contributed by atoms with van der Waals surface area (Å²) in [6.07, 6.45) is 9.97. The number of nitrogens with zero attached hydrogens (tertiary/aromatic N) is 2. The van der Waals surface area contributed by atoms with Crippen LogP contribution in [0.25, 0.3) is 11.4 Å². The van der Waals surface area contributed by atoms with E-state index in [9.17, 15) is 21.6 Å². The second-order valence-electron chi connectivity index (χ2n) is 6.37. The van der Waals surface area contributed by atoms with E-state index < -0.39 is 21.4 Å². The molecule has 2 aromatic rings. The first-order valence-electron chi connectivity index (χ1n) is 9.29. The Kier molecular flexibility index (Phi) is 8.24. The molecule has 0 radical (unpaired) electrons. The Morgan fingerprint density at radius 3 is 2.07 bits per heavy atom. The van der Waals surface area contributed by atoms with Crippen LogP contribution in [0.4, 0.5) is 13.2 Å². The Labute approximate surface area is 168 Å². The lowest BCUT2D eigenvalue weighted by Crippen LogP contribution is -2.28. The summed E-state index contributed by atoms with van der Waals surface area (Å²) >= 11 is 0. The molecule has 1 aromatic heterocycles. The first-order valence-corrected chi connectivity index (χ1v) is 10.7. The van der Waals surface area contributed by atoms with Gasteiger partial charge in [0.05, 0.1) is 19.0 Å². The van der Waals surface area contributed by atoms with Crippen LogP contribution in [0, 0.1) is 0 Å². The normalized spacial score (nSPS) is 12.0. The lowest BCUT2D eigenvalue weighted by molar-refractivity contribution is -0.0500. The molecule has 6 nitrogen and oxygen atoms in total. The molecule has 0 amide bonds. The van der Waals surface area contributed by atoms with Crippen LogP contribution in [-0.4, -0.2) is 30.5 Å². The summed E-state index contributed by atoms with van der Waals surface area (Å²) in [4.78, 5) is 8.31. The number of rotatable bonds is 11. The van der Waals surface area contributed by atoms with Crippen molar-refractivity contribution in [3.8, 4) is 22.9 Å². The van der Waals surface area contributed by atoms with Gasteiger partial charge in [0, 0.05) is 5.56 Å². The van der Waals surface area contributed by atoms with Gasteiger partial charge in [-0.25, -0.2) is 9.97 Å². The molecule has 0 bridgehead atoms. The van der Waals surface area contributed by atoms with E-state index in [1.165, 1.54) is 50.2 Å². The van der Waals surface area contributed by atoms with Gasteiger partial charge in [-0.15, -0.1) is 0 Å². The molecule has 1 aromatic carbocycles. The van der Waals surface area contributed by atoms with Gasteiger partial charge >= 0.3 is 15.6 Å². The molecule has 0 unspecified atom stereocenters. The molecular weight excluding hydrogens is 409 g/mol. The molecule has 0 aliphatic heterocycles. The number of ether oxygens (including phenoxy) is 1. The van der Waals surface area contributed by atoms with Crippen LogP contribution in [0.1, 0.15) is 45.4 Å². The third-order valence-corrected chi connectivity index (χ3v) is 4.98. The third kappa shape index (κ3) is 7.19. The van der Waals surface area contributed by atoms with E-state index in [0.717, 1.165) is 25.0 Å². The molecule has 10 heteroatoms. The van der Waals surface area contributed by atoms with Crippen molar-refractivity contribution in [3.05, 3.63) is 36.7 Å². The maximum Gasteiger partial charge on any atom is 0.534 e. The van der Waals surface area contributed by atoms with Gasteiger partial charge in [-0.1, -0.05) is 39.0 Å². The smallest absolute Gasteiger partial charge is 0.490 e. The predicted octanol–water partition coefficient (Wildman–Crippen LogP) is 5.11. The average molecular weight is 432 g/mol. The summed E-state index contributed by atoms with van der Waals surface area (Å²) in [7, 11) is -5.70. The molecule has 0 spiro atoms. The van der Waals surface area contributed by atoms with Gasteiger partial charge in [-0.2, -0.15) is 21.6 Å². The van der Waals surface area contributed by atoms with Gasteiger partial charge < -0.3 is 8.92 Å². The number of unbranched alkanes of at least 4 members (excludes halogenated alkanes) is 5. The molecule has 2 rings (SSSR count). The highest BCUT2D eigenvalue weighted by molar-refractivity contribution is 7.88. The number of aromatic nitrogens is 2. The van der Waals surface area contributed by atoms with Crippen LogP contribution in [0.15, 0.2) is 36.7 Å². The lowest BCUT2D eigenvalue weighted by atomic mass is 10.1. The summed E-state index contributed by atoms with van der Waals surface area (Å²) in [6.45, 7) is 2.75. The Hall–Kier alpha value is -2.36. The van der Waals surface area contributed by atoms with Crippen molar-refractivity contribution in [1.82, 2.24) is 9.97 Å². The van der Waals surface area contributed by atoms with Crippen LogP contribution in [0.5, 0.6) is 11.5 Å². The first kappa shape index (κ1) is 22.9. The van der Waals surface area contributed by atoms with Crippen molar-refractivity contribution in [2.45, 2.75) is 51.0 Å². The van der Waals surface area contributed by atoms with Gasteiger partial charge in [-0.3, -0.25) is 0 Å². The molecule has 0 aliphatic rings. The highest BCUT2D eigenvalue weighted by Crippen LogP contribution is 2.28. The quantitative estimate of drug-likeness (QED) is 0.279. The number of halogens is 3. The van der Waals surface area contributed by atoms with E-state index in [0.29, 0.717) is 23.7 Å². The lowest BCUT2D eigenvalue weighted by Gasteiger charge is -2.09. The maximum absolute atomic E-state index is 12.3. The standard InChI is InChI=1S/C19H23F3N2O4S/c1-2-3-4-5-6-7-12-27-17-13-23-18(24-14-17)15-8-10-16(11-9-15)28-29(25,26)19(20,21)22/h8-11,13-14H,2-7,12H2,1H3. The van der Waals surface area contributed by atoms with Crippen LogP contribution < -0.4 is 8.92 Å². The average Bonchev–Trinajstić information content (AvgIpc) is 2.67. The van der Waals surface area contributed by atoms with Crippen molar-refractivity contribution >= 4 is 10.1 Å². The predicted molar refractivity (Wildman–Crippen MR) is 102 cm³/mol. The van der Waals surface area contributed by atoms with Gasteiger partial charge in [0.25, 0.3) is 0 Å². The summed E-state index contributed by atoms with van der Waals surface area (Å²) in [6, 6.07) is 4.94. The Morgan fingerprint density at radius 1 is 0.897 bits per heavy atom. The van der Waals surface area contributed by atoms with Gasteiger partial charge in [-0.05, 0) is 30.7 Å². The second kappa shape index (κ2) is 10.4. The van der Waals surface area contributed by atoms with Crippen molar-refractivity contribution in [2.24, 2.45) is 0 Å². The number of alkyl halides is 3. The molecule has 0 aliphatic carbocycles. The van der Waals surface area contributed by atoms with Crippen LogP contribution in [0.3, 0.4) is 0 Å². The van der Waals surface area contributed by atoms with Crippen LogP contribution >= 0.6 is 0 Å². The summed E-state index contributed by atoms with van der Waals surface area (Å²) in [5, 5.41) is 0. The van der Waals surface area contributed by atoms with Gasteiger partial charge in [0.15, 0.2) is 11.6 Å². The first-order chi connectivity index (χ1) is 13.7. The fourth-order valence-corrected chi connectivity index (χ4v) is 2.90. The molecule has 160 valence electrons. The monoisotopic (exact) mass is 432 g/mol. The molecule has 0 saturated heterocycles. The van der Waals surface area contributed by atoms with Crippen molar-refractivity contribution in [3.63, 3.8) is 0 Å². The van der Waals surface area contributed by atoms with Gasteiger partial charge in [0.1, 0.15) is 5.75 Å². The minimum absolute atomic E-state index is 0.321. The topological polar surface area (TPSA) is 78.4 Å². The van der Waals surface area contributed by atoms with E-state index in [2.05, 4.69) is 21.1 Å². The van der Waals surface area contributed by atoms with Crippen molar-refractivity contribution in [2.75, 3.05) is 6.61 Å². The van der Waals surface area contributed by atoms with Crippen LogP contribution in [0.2, 0.25) is 0 Å². The summed E-state index contributed by atoms with van der Waals surface area (Å²) < 4.78 is 68.7. The Morgan fingerprint density at radius 2 is 1.48 bits per heavy atom. The Balaban J connectivity index is 1.87. The third-order valence-electron chi connectivity index (χ3n) is 4.00. The van der Waals surface area contributed by atoms with Crippen molar-refractivity contribution in [1.29, 1.82) is 0 Å². The Bertz CT molecular complexity index is 855. The molecular formula is C19H23F3N2O4S. The van der Waals surface area contributed by atoms with E-state index in [1.807, 2.05) is 0 Å². The second-order valence-corrected chi connectivity index (χ2v) is 7.90. The largest absolute Gasteiger partial charge is 0.534 e. The zero-order chi connectivity index (χ0) is 21.3. The van der Waals surface area contributed by atoms with E-state index in [1.54, 1.807) is 0 Å². The zero-order valence-electron chi connectivity index (χ0n) is 16.0. The van der Waals surface area contributed by atoms with E-state index in [4.69, 9.17) is 4.74 Å². The molecule has 1 heterocycles. The molecule has 0 fully saturated rings. The number of hydrogen-bond donors (Lipinski definition) is 0. The summed E-state index contributed by atoms with van der Waals surface area (Å²) in [5.41, 5.74) is -5.00. The molecule has 29 heavy (non-hydrogen) atoms. The minimum Gasteiger partial charge on any atom is -0.490 e. The number of hydrogen-bond acceptors (Lipinski definition) is 6. The molecule has 0 saturated carbocycles. The SMILES string of the molecule is CCCCCCCCOc1cnc(-c2ccc(OS(=O)(=O)C(F)(F)F)cc2)nc1. The van der Waals surface area contributed by atoms with Crippen molar-refractivity contribution < 1.29 is 30.5 Å². The maximum atomic E-state index is 12.3. The minimum atomic E-state index is -5.70. The highest BCUT2D eigenvalue weighted by atomic mass is 32.2. The fourth-order valence-electron chi connectivity index (χ4n) is 2.45. The molecule has 0 atom stereocenters. The molecule has 0 N–H and O–H groups in total. The highest BCUT2D eigenvalue weighted by Gasteiger charge is 2.48.